The minimum absolute atomic E-state index is 0.400. The largest absolute Gasteiger partial charge is 0.306 e. The highest BCUT2D eigenvalue weighted by atomic mass is 32.1. The topological polar surface area (TPSA) is 12.0 Å². The molecule has 0 bridgehead atoms. The fraction of sp³-hybridized carbons (Fsp3) is 0.467. The maximum Gasteiger partial charge on any atom is 0.0681 e. The summed E-state index contributed by atoms with van der Waals surface area (Å²) in [7, 11) is 0. The van der Waals surface area contributed by atoms with Crippen LogP contribution in [-0.4, -0.2) is 6.54 Å². The summed E-state index contributed by atoms with van der Waals surface area (Å²) in [5, 5.41) is 5.85. The van der Waals surface area contributed by atoms with E-state index in [9.17, 15) is 0 Å². The monoisotopic (exact) mass is 277 g/mol. The summed E-state index contributed by atoms with van der Waals surface area (Å²) in [5.74, 6) is 0. The maximum absolute atomic E-state index is 3.65. The van der Waals surface area contributed by atoms with Crippen LogP contribution in [0, 0.1) is 6.92 Å². The van der Waals surface area contributed by atoms with E-state index in [-0.39, 0.29) is 0 Å². The molecule has 0 saturated heterocycles. The van der Waals surface area contributed by atoms with Crippen LogP contribution in [0.2, 0.25) is 0 Å². The second-order valence-electron chi connectivity index (χ2n) is 4.87. The van der Waals surface area contributed by atoms with E-state index in [1.165, 1.54) is 34.6 Å². The first-order chi connectivity index (χ1) is 8.79. The van der Waals surface area contributed by atoms with Gasteiger partial charge < -0.3 is 5.32 Å². The van der Waals surface area contributed by atoms with Gasteiger partial charge in [0, 0.05) is 14.6 Å². The first kappa shape index (κ1) is 12.4. The van der Waals surface area contributed by atoms with Crippen molar-refractivity contribution in [1.82, 2.24) is 5.32 Å². The van der Waals surface area contributed by atoms with Gasteiger partial charge in [-0.25, -0.2) is 0 Å². The predicted octanol–water partition coefficient (Wildman–Crippen LogP) is 4.31. The second-order valence-corrected chi connectivity index (χ2v) is 7.16. The van der Waals surface area contributed by atoms with Gasteiger partial charge >= 0.3 is 0 Å². The van der Waals surface area contributed by atoms with Gasteiger partial charge in [-0.05, 0) is 61.4 Å². The molecule has 1 atom stereocenters. The van der Waals surface area contributed by atoms with Crippen molar-refractivity contribution in [3.05, 3.63) is 43.3 Å². The molecule has 0 aliphatic heterocycles. The fourth-order valence-corrected chi connectivity index (χ4v) is 4.85. The Morgan fingerprint density at radius 2 is 2.28 bits per heavy atom. The van der Waals surface area contributed by atoms with Gasteiger partial charge in [-0.3, -0.25) is 0 Å². The normalized spacial score (nSPS) is 15.9. The lowest BCUT2D eigenvalue weighted by atomic mass is 10.1. The Labute approximate surface area is 117 Å². The van der Waals surface area contributed by atoms with Gasteiger partial charge in [-0.15, -0.1) is 22.7 Å². The molecule has 1 N–H and O–H groups in total. The summed E-state index contributed by atoms with van der Waals surface area (Å²) in [4.78, 5) is 4.57. The zero-order chi connectivity index (χ0) is 12.5. The zero-order valence-electron chi connectivity index (χ0n) is 11.0. The van der Waals surface area contributed by atoms with Crippen molar-refractivity contribution in [2.24, 2.45) is 0 Å². The SMILES string of the molecule is CCNC(c1cc2c(s1)CCC2)c1ccsc1C. The van der Waals surface area contributed by atoms with Crippen LogP contribution in [0.15, 0.2) is 17.5 Å². The van der Waals surface area contributed by atoms with Crippen molar-refractivity contribution >= 4 is 22.7 Å². The smallest absolute Gasteiger partial charge is 0.0681 e. The van der Waals surface area contributed by atoms with Crippen molar-refractivity contribution in [3.63, 3.8) is 0 Å². The van der Waals surface area contributed by atoms with Crippen LogP contribution in [-0.2, 0) is 12.8 Å². The summed E-state index contributed by atoms with van der Waals surface area (Å²) in [6.45, 7) is 5.43. The summed E-state index contributed by atoms with van der Waals surface area (Å²) in [5.41, 5.74) is 3.06. The molecule has 0 spiro atoms. The molecule has 1 aliphatic rings. The van der Waals surface area contributed by atoms with Crippen LogP contribution in [0.5, 0.6) is 0 Å². The fourth-order valence-electron chi connectivity index (χ4n) is 2.76. The number of aryl methyl sites for hydroxylation is 3. The lowest BCUT2D eigenvalue weighted by molar-refractivity contribution is 0.638. The number of hydrogen-bond donors (Lipinski definition) is 1. The zero-order valence-corrected chi connectivity index (χ0v) is 12.6. The van der Waals surface area contributed by atoms with E-state index in [0.717, 1.165) is 6.54 Å². The molecular weight excluding hydrogens is 258 g/mol. The molecule has 0 radical (unpaired) electrons. The molecule has 3 rings (SSSR count). The Kier molecular flexibility index (Phi) is 3.55. The Balaban J connectivity index is 1.96. The van der Waals surface area contributed by atoms with Gasteiger partial charge in [0.15, 0.2) is 0 Å². The summed E-state index contributed by atoms with van der Waals surface area (Å²) < 4.78 is 0. The van der Waals surface area contributed by atoms with Gasteiger partial charge in [0.05, 0.1) is 6.04 Å². The Morgan fingerprint density at radius 1 is 1.39 bits per heavy atom. The van der Waals surface area contributed by atoms with Crippen LogP contribution in [0.25, 0.3) is 0 Å². The predicted molar refractivity (Wildman–Crippen MR) is 80.9 cm³/mol. The van der Waals surface area contributed by atoms with Crippen LogP contribution >= 0.6 is 22.7 Å². The molecular formula is C15H19NS2. The third kappa shape index (κ3) is 2.15. The molecule has 2 heterocycles. The molecule has 2 aromatic heterocycles. The van der Waals surface area contributed by atoms with E-state index >= 15 is 0 Å². The highest BCUT2D eigenvalue weighted by Gasteiger charge is 2.22. The van der Waals surface area contributed by atoms with Crippen LogP contribution in [0.4, 0.5) is 0 Å². The summed E-state index contributed by atoms with van der Waals surface area (Å²) in [6.07, 6.45) is 3.93. The van der Waals surface area contributed by atoms with Crippen molar-refractivity contribution in [1.29, 1.82) is 0 Å². The van der Waals surface area contributed by atoms with Gasteiger partial charge in [-0.1, -0.05) is 6.92 Å². The van der Waals surface area contributed by atoms with Gasteiger partial charge in [0.1, 0.15) is 0 Å². The molecule has 0 aromatic carbocycles. The number of fused-ring (bicyclic) bond motifs is 1. The highest BCUT2D eigenvalue weighted by molar-refractivity contribution is 7.12. The molecule has 2 aromatic rings. The Morgan fingerprint density at radius 3 is 2.94 bits per heavy atom. The third-order valence-electron chi connectivity index (χ3n) is 3.67. The average molecular weight is 277 g/mol. The van der Waals surface area contributed by atoms with E-state index in [0.29, 0.717) is 6.04 Å². The molecule has 0 saturated carbocycles. The number of rotatable bonds is 4. The number of nitrogens with one attached hydrogen (secondary N) is 1. The number of hydrogen-bond acceptors (Lipinski definition) is 3. The molecule has 96 valence electrons. The minimum Gasteiger partial charge on any atom is -0.306 e. The average Bonchev–Trinajstić information content (AvgIpc) is 3.00. The first-order valence-corrected chi connectivity index (χ1v) is 8.38. The third-order valence-corrected chi connectivity index (χ3v) is 5.83. The van der Waals surface area contributed by atoms with Crippen molar-refractivity contribution in [2.75, 3.05) is 6.54 Å². The van der Waals surface area contributed by atoms with E-state index < -0.39 is 0 Å². The van der Waals surface area contributed by atoms with Crippen molar-refractivity contribution in [2.45, 2.75) is 39.2 Å². The highest BCUT2D eigenvalue weighted by Crippen LogP contribution is 2.37. The van der Waals surface area contributed by atoms with Crippen LogP contribution < -0.4 is 5.32 Å². The molecule has 18 heavy (non-hydrogen) atoms. The minimum atomic E-state index is 0.400. The summed E-state index contributed by atoms with van der Waals surface area (Å²) >= 11 is 3.87. The molecule has 3 heteroatoms. The Hall–Kier alpha value is -0.640. The van der Waals surface area contributed by atoms with E-state index in [2.05, 4.69) is 36.7 Å². The second kappa shape index (κ2) is 5.16. The summed E-state index contributed by atoms with van der Waals surface area (Å²) in [6, 6.07) is 5.12. The Bertz CT molecular complexity index is 517. The standard InChI is InChI=1S/C15H19NS2/c1-3-16-15(12-7-8-17-10(12)2)14-9-11-5-4-6-13(11)18-14/h7-9,15-16H,3-6H2,1-2H3. The lowest BCUT2D eigenvalue weighted by Gasteiger charge is -2.16. The van der Waals surface area contributed by atoms with Crippen LogP contribution in [0.3, 0.4) is 0 Å². The van der Waals surface area contributed by atoms with E-state index in [1.807, 2.05) is 22.7 Å². The van der Waals surface area contributed by atoms with E-state index in [1.54, 1.807) is 10.4 Å². The van der Waals surface area contributed by atoms with E-state index in [4.69, 9.17) is 0 Å². The molecule has 1 aliphatic carbocycles. The molecule has 0 amide bonds. The van der Waals surface area contributed by atoms with Crippen molar-refractivity contribution in [3.8, 4) is 0 Å². The van der Waals surface area contributed by atoms with Gasteiger partial charge in [0.2, 0.25) is 0 Å². The van der Waals surface area contributed by atoms with Crippen molar-refractivity contribution < 1.29 is 0 Å². The van der Waals surface area contributed by atoms with Gasteiger partial charge in [-0.2, -0.15) is 0 Å². The van der Waals surface area contributed by atoms with Gasteiger partial charge in [0.25, 0.3) is 0 Å². The molecule has 1 nitrogen and oxygen atoms in total. The maximum atomic E-state index is 3.65. The van der Waals surface area contributed by atoms with Crippen LogP contribution in [0.1, 0.15) is 45.1 Å². The number of thiophene rings is 2. The molecule has 1 unspecified atom stereocenters. The lowest BCUT2D eigenvalue weighted by Crippen LogP contribution is -2.21. The quantitative estimate of drug-likeness (QED) is 0.878. The first-order valence-electron chi connectivity index (χ1n) is 6.68. The molecule has 0 fully saturated rings.